The van der Waals surface area contributed by atoms with Gasteiger partial charge in [-0.2, -0.15) is 0 Å². The summed E-state index contributed by atoms with van der Waals surface area (Å²) in [7, 11) is 0. The van der Waals surface area contributed by atoms with Crippen LogP contribution >= 0.6 is 15.9 Å². The summed E-state index contributed by atoms with van der Waals surface area (Å²) in [4.78, 5) is 8.28. The van der Waals surface area contributed by atoms with E-state index in [1.54, 1.807) is 17.8 Å². The van der Waals surface area contributed by atoms with Crippen LogP contribution in [0.15, 0.2) is 41.1 Å². The molecule has 3 aromatic rings. The Kier molecular flexibility index (Phi) is 4.52. The SMILES string of the molecule is Cc1ncc(Cn2cc(COc3ccc(Br)cc3)nn2)c(N)n1. The van der Waals surface area contributed by atoms with Crippen LogP contribution in [0.2, 0.25) is 0 Å². The van der Waals surface area contributed by atoms with Gasteiger partial charge in [-0.05, 0) is 31.2 Å². The van der Waals surface area contributed by atoms with Crippen LogP contribution in [0.3, 0.4) is 0 Å². The van der Waals surface area contributed by atoms with Crippen molar-refractivity contribution in [3.8, 4) is 5.75 Å². The normalized spacial score (nSPS) is 10.7. The number of nitrogens with zero attached hydrogens (tertiary/aromatic N) is 5. The maximum Gasteiger partial charge on any atom is 0.134 e. The standard InChI is InChI=1S/C15H15BrN6O/c1-10-18-6-11(15(17)19-10)7-22-8-13(20-21-22)9-23-14-4-2-12(16)3-5-14/h2-6,8H,7,9H2,1H3,(H2,17,18,19). The van der Waals surface area contributed by atoms with Gasteiger partial charge in [0.05, 0.1) is 12.7 Å². The van der Waals surface area contributed by atoms with Crippen LogP contribution in [-0.2, 0) is 13.2 Å². The van der Waals surface area contributed by atoms with Crippen LogP contribution in [0.4, 0.5) is 5.82 Å². The molecule has 8 heteroatoms. The van der Waals surface area contributed by atoms with Crippen LogP contribution in [0, 0.1) is 6.92 Å². The number of halogens is 1. The van der Waals surface area contributed by atoms with Crippen molar-refractivity contribution in [2.75, 3.05) is 5.73 Å². The Morgan fingerprint density at radius 1 is 1.26 bits per heavy atom. The van der Waals surface area contributed by atoms with E-state index in [0.29, 0.717) is 24.8 Å². The molecule has 7 nitrogen and oxygen atoms in total. The van der Waals surface area contributed by atoms with Crippen molar-refractivity contribution >= 4 is 21.7 Å². The summed E-state index contributed by atoms with van der Waals surface area (Å²) in [6.45, 7) is 2.62. The average molecular weight is 375 g/mol. The Hall–Kier alpha value is -2.48. The van der Waals surface area contributed by atoms with Crippen molar-refractivity contribution in [2.45, 2.75) is 20.1 Å². The molecule has 0 bridgehead atoms. The Morgan fingerprint density at radius 2 is 2.04 bits per heavy atom. The highest BCUT2D eigenvalue weighted by Crippen LogP contribution is 2.17. The second kappa shape index (κ2) is 6.74. The van der Waals surface area contributed by atoms with Crippen molar-refractivity contribution in [1.82, 2.24) is 25.0 Å². The zero-order valence-corrected chi connectivity index (χ0v) is 14.1. The third-order valence-electron chi connectivity index (χ3n) is 3.14. The summed E-state index contributed by atoms with van der Waals surface area (Å²) in [5.74, 6) is 1.88. The summed E-state index contributed by atoms with van der Waals surface area (Å²) >= 11 is 3.38. The molecule has 0 atom stereocenters. The fourth-order valence-corrected chi connectivity index (χ4v) is 2.24. The summed E-state index contributed by atoms with van der Waals surface area (Å²) in [6, 6.07) is 7.62. The lowest BCUT2D eigenvalue weighted by Crippen LogP contribution is -2.07. The molecule has 3 rings (SSSR count). The number of hydrogen-bond donors (Lipinski definition) is 1. The first-order valence-electron chi connectivity index (χ1n) is 6.95. The van der Waals surface area contributed by atoms with Crippen molar-refractivity contribution in [3.05, 3.63) is 58.2 Å². The van der Waals surface area contributed by atoms with E-state index >= 15 is 0 Å². The second-order valence-corrected chi connectivity index (χ2v) is 5.89. The smallest absolute Gasteiger partial charge is 0.134 e. The molecule has 0 saturated heterocycles. The van der Waals surface area contributed by atoms with Gasteiger partial charge in [0.15, 0.2) is 0 Å². The Labute approximate surface area is 141 Å². The molecule has 0 fully saturated rings. The minimum absolute atomic E-state index is 0.349. The molecule has 0 aliphatic heterocycles. The lowest BCUT2D eigenvalue weighted by molar-refractivity contribution is 0.301. The number of ether oxygens (including phenoxy) is 1. The largest absolute Gasteiger partial charge is 0.487 e. The number of nitrogens with two attached hydrogens (primary N) is 1. The third-order valence-corrected chi connectivity index (χ3v) is 3.67. The maximum atomic E-state index is 5.88. The van der Waals surface area contributed by atoms with E-state index in [-0.39, 0.29) is 0 Å². The van der Waals surface area contributed by atoms with Gasteiger partial charge in [-0.25, -0.2) is 14.6 Å². The number of anilines is 1. The average Bonchev–Trinajstić information content (AvgIpc) is 2.97. The third kappa shape index (κ3) is 4.04. The van der Waals surface area contributed by atoms with Crippen molar-refractivity contribution in [2.24, 2.45) is 0 Å². The number of aryl methyl sites for hydroxylation is 1. The topological polar surface area (TPSA) is 91.7 Å². The molecule has 0 radical (unpaired) electrons. The fourth-order valence-electron chi connectivity index (χ4n) is 1.98. The number of rotatable bonds is 5. The van der Waals surface area contributed by atoms with Crippen LogP contribution in [0.25, 0.3) is 0 Å². The highest BCUT2D eigenvalue weighted by molar-refractivity contribution is 9.10. The molecule has 118 valence electrons. The van der Waals surface area contributed by atoms with Gasteiger partial charge < -0.3 is 10.5 Å². The molecule has 0 aliphatic carbocycles. The van der Waals surface area contributed by atoms with Crippen LogP contribution in [0.1, 0.15) is 17.1 Å². The van der Waals surface area contributed by atoms with Crippen LogP contribution in [-0.4, -0.2) is 25.0 Å². The minimum atomic E-state index is 0.349. The van der Waals surface area contributed by atoms with Gasteiger partial charge in [0.1, 0.15) is 29.7 Å². The zero-order chi connectivity index (χ0) is 16.2. The lowest BCUT2D eigenvalue weighted by atomic mass is 10.3. The van der Waals surface area contributed by atoms with Gasteiger partial charge in [0.25, 0.3) is 0 Å². The van der Waals surface area contributed by atoms with E-state index in [2.05, 4.69) is 36.2 Å². The van der Waals surface area contributed by atoms with E-state index in [1.807, 2.05) is 30.5 Å². The van der Waals surface area contributed by atoms with Gasteiger partial charge >= 0.3 is 0 Å². The minimum Gasteiger partial charge on any atom is -0.487 e. The van der Waals surface area contributed by atoms with E-state index in [1.165, 1.54) is 0 Å². The summed E-state index contributed by atoms with van der Waals surface area (Å²) in [6.07, 6.45) is 3.52. The molecule has 2 heterocycles. The Balaban J connectivity index is 1.62. The van der Waals surface area contributed by atoms with E-state index in [9.17, 15) is 0 Å². The Morgan fingerprint density at radius 3 is 2.78 bits per heavy atom. The summed E-state index contributed by atoms with van der Waals surface area (Å²) in [5.41, 5.74) is 7.42. The predicted octanol–water partition coefficient (Wildman–Crippen LogP) is 2.35. The quantitative estimate of drug-likeness (QED) is 0.736. The molecule has 0 amide bonds. The van der Waals surface area contributed by atoms with Gasteiger partial charge in [-0.15, -0.1) is 5.10 Å². The summed E-state index contributed by atoms with van der Waals surface area (Å²) in [5, 5.41) is 8.16. The number of nitrogen functional groups attached to an aromatic ring is 1. The first-order valence-corrected chi connectivity index (χ1v) is 7.75. The van der Waals surface area contributed by atoms with Gasteiger partial charge in [0, 0.05) is 16.2 Å². The summed E-state index contributed by atoms with van der Waals surface area (Å²) < 4.78 is 8.36. The molecule has 0 aliphatic rings. The molecule has 0 saturated carbocycles. The highest BCUT2D eigenvalue weighted by Gasteiger charge is 2.06. The second-order valence-electron chi connectivity index (χ2n) is 4.98. The highest BCUT2D eigenvalue weighted by atomic mass is 79.9. The number of aromatic nitrogens is 5. The van der Waals surface area contributed by atoms with E-state index in [0.717, 1.165) is 21.5 Å². The zero-order valence-electron chi connectivity index (χ0n) is 12.5. The number of hydrogen-bond acceptors (Lipinski definition) is 6. The number of benzene rings is 1. The monoisotopic (exact) mass is 374 g/mol. The van der Waals surface area contributed by atoms with Crippen LogP contribution in [0.5, 0.6) is 5.75 Å². The predicted molar refractivity (Wildman–Crippen MR) is 88.8 cm³/mol. The van der Waals surface area contributed by atoms with Gasteiger partial charge in [0.2, 0.25) is 0 Å². The molecule has 0 spiro atoms. The molecule has 2 N–H and O–H groups in total. The van der Waals surface area contributed by atoms with Crippen LogP contribution < -0.4 is 10.5 Å². The van der Waals surface area contributed by atoms with E-state index in [4.69, 9.17) is 10.5 Å². The van der Waals surface area contributed by atoms with Crippen molar-refractivity contribution in [3.63, 3.8) is 0 Å². The van der Waals surface area contributed by atoms with Gasteiger partial charge in [-0.1, -0.05) is 21.1 Å². The molecule has 23 heavy (non-hydrogen) atoms. The first kappa shape index (κ1) is 15.4. The maximum absolute atomic E-state index is 5.88. The van der Waals surface area contributed by atoms with Crippen molar-refractivity contribution < 1.29 is 4.74 Å². The fraction of sp³-hybridized carbons (Fsp3) is 0.200. The first-order chi connectivity index (χ1) is 11.1. The Bertz CT molecular complexity index is 802. The molecule has 1 aromatic carbocycles. The van der Waals surface area contributed by atoms with E-state index < -0.39 is 0 Å². The molecule has 2 aromatic heterocycles. The molecular formula is C15H15BrN6O. The lowest BCUT2D eigenvalue weighted by Gasteiger charge is -2.04. The van der Waals surface area contributed by atoms with Gasteiger partial charge in [-0.3, -0.25) is 0 Å². The van der Waals surface area contributed by atoms with Crippen molar-refractivity contribution in [1.29, 1.82) is 0 Å². The molecule has 0 unspecified atom stereocenters. The molecular weight excluding hydrogens is 360 g/mol.